The number of carbonyl (C=O) groups is 2. The lowest BCUT2D eigenvalue weighted by atomic mass is 9.94. The van der Waals surface area contributed by atoms with Gasteiger partial charge in [-0.05, 0) is 59.4 Å². The molecule has 1 unspecified atom stereocenters. The molecule has 0 heterocycles. The molecule has 0 aliphatic heterocycles. The van der Waals surface area contributed by atoms with Crippen LogP contribution in [0.4, 0.5) is 13.2 Å². The number of carbonyl (C=O) groups excluding carboxylic acids is 2. The van der Waals surface area contributed by atoms with Crippen LogP contribution in [0, 0.1) is 5.92 Å². The first-order valence-electron chi connectivity index (χ1n) is 12.8. The fraction of sp³-hybridized carbons (Fsp3) is 0.310. The normalized spacial score (nSPS) is 12.6. The molecule has 1 atom stereocenters. The van der Waals surface area contributed by atoms with Gasteiger partial charge in [-0.1, -0.05) is 56.3 Å². The molecule has 3 aromatic rings. The molecule has 0 saturated carbocycles. The Bertz CT molecular complexity index is 1460. The zero-order chi connectivity index (χ0) is 30.2. The SMILES string of the molecule is COc1ccc(S(=O)(=O)NCc2ccccc2-c2ccccc2C(=O)NC(CC(C)C)C(=O)NCC(F)(F)F)cc1. The second-order valence-corrected chi connectivity index (χ2v) is 11.5. The highest BCUT2D eigenvalue weighted by Crippen LogP contribution is 2.28. The molecule has 0 aromatic heterocycles. The third kappa shape index (κ3) is 9.05. The Morgan fingerprint density at radius 2 is 1.51 bits per heavy atom. The van der Waals surface area contributed by atoms with Crippen LogP contribution in [0.3, 0.4) is 0 Å². The molecule has 0 saturated heterocycles. The van der Waals surface area contributed by atoms with Crippen molar-refractivity contribution in [3.8, 4) is 16.9 Å². The predicted molar refractivity (Wildman–Crippen MR) is 149 cm³/mol. The molecule has 0 aliphatic carbocycles. The van der Waals surface area contributed by atoms with E-state index in [0.29, 0.717) is 22.4 Å². The summed E-state index contributed by atoms with van der Waals surface area (Å²) in [5.41, 5.74) is 1.78. The number of nitrogens with one attached hydrogen (secondary N) is 3. The molecule has 0 radical (unpaired) electrons. The minimum absolute atomic E-state index is 0.0514. The molecule has 0 aliphatic rings. The fourth-order valence-corrected chi connectivity index (χ4v) is 5.12. The third-order valence-corrected chi connectivity index (χ3v) is 7.51. The molecule has 3 rings (SSSR count). The molecule has 41 heavy (non-hydrogen) atoms. The summed E-state index contributed by atoms with van der Waals surface area (Å²) in [6.07, 6.45) is -4.46. The van der Waals surface area contributed by atoms with Gasteiger partial charge in [-0.3, -0.25) is 9.59 Å². The minimum Gasteiger partial charge on any atom is -0.497 e. The van der Waals surface area contributed by atoms with Crippen LogP contribution >= 0.6 is 0 Å². The van der Waals surface area contributed by atoms with Gasteiger partial charge in [0.1, 0.15) is 18.3 Å². The van der Waals surface area contributed by atoms with Crippen LogP contribution in [-0.2, 0) is 21.4 Å². The van der Waals surface area contributed by atoms with Crippen molar-refractivity contribution in [2.24, 2.45) is 5.92 Å². The third-order valence-electron chi connectivity index (χ3n) is 6.09. The lowest BCUT2D eigenvalue weighted by molar-refractivity contribution is -0.139. The van der Waals surface area contributed by atoms with Crippen LogP contribution in [-0.4, -0.2) is 46.1 Å². The Labute approximate surface area is 237 Å². The van der Waals surface area contributed by atoms with Gasteiger partial charge in [0.15, 0.2) is 0 Å². The number of hydrogen-bond acceptors (Lipinski definition) is 5. The van der Waals surface area contributed by atoms with Crippen LogP contribution in [0.15, 0.2) is 77.7 Å². The summed E-state index contributed by atoms with van der Waals surface area (Å²) in [7, 11) is -2.40. The zero-order valence-electron chi connectivity index (χ0n) is 22.8. The Hall–Kier alpha value is -3.90. The summed E-state index contributed by atoms with van der Waals surface area (Å²) < 4.78 is 71.4. The Morgan fingerprint density at radius 3 is 2.12 bits per heavy atom. The maximum atomic E-state index is 13.4. The van der Waals surface area contributed by atoms with E-state index in [0.717, 1.165) is 0 Å². The number of sulfonamides is 1. The molecule has 2 amide bonds. The average Bonchev–Trinajstić information content (AvgIpc) is 2.94. The second-order valence-electron chi connectivity index (χ2n) is 9.69. The van der Waals surface area contributed by atoms with Crippen LogP contribution in [0.5, 0.6) is 5.75 Å². The van der Waals surface area contributed by atoms with E-state index in [1.165, 1.54) is 37.4 Å². The zero-order valence-corrected chi connectivity index (χ0v) is 23.6. The molecule has 3 N–H and O–H groups in total. The van der Waals surface area contributed by atoms with E-state index >= 15 is 0 Å². The molecule has 0 bridgehead atoms. The molecule has 3 aromatic carbocycles. The smallest absolute Gasteiger partial charge is 0.405 e. The Morgan fingerprint density at radius 1 is 0.902 bits per heavy atom. The van der Waals surface area contributed by atoms with E-state index in [1.54, 1.807) is 56.3 Å². The van der Waals surface area contributed by atoms with Crippen molar-refractivity contribution in [1.29, 1.82) is 0 Å². The van der Waals surface area contributed by atoms with Crippen molar-refractivity contribution in [2.45, 2.75) is 43.9 Å². The van der Waals surface area contributed by atoms with E-state index in [1.807, 2.05) is 5.32 Å². The number of ether oxygens (including phenoxy) is 1. The largest absolute Gasteiger partial charge is 0.497 e. The van der Waals surface area contributed by atoms with Gasteiger partial charge in [0, 0.05) is 12.1 Å². The van der Waals surface area contributed by atoms with E-state index in [9.17, 15) is 31.2 Å². The summed E-state index contributed by atoms with van der Waals surface area (Å²) in [5, 5.41) is 4.42. The topological polar surface area (TPSA) is 114 Å². The summed E-state index contributed by atoms with van der Waals surface area (Å²) in [5.74, 6) is -1.17. The Kier molecular flexibility index (Phi) is 10.5. The quantitative estimate of drug-likeness (QED) is 0.284. The highest BCUT2D eigenvalue weighted by molar-refractivity contribution is 7.89. The highest BCUT2D eigenvalue weighted by atomic mass is 32.2. The number of methoxy groups -OCH3 is 1. The average molecular weight is 592 g/mol. The summed E-state index contributed by atoms with van der Waals surface area (Å²) >= 11 is 0. The van der Waals surface area contributed by atoms with Crippen LogP contribution in [0.2, 0.25) is 0 Å². The summed E-state index contributed by atoms with van der Waals surface area (Å²) in [6.45, 7) is 1.98. The van der Waals surface area contributed by atoms with E-state index < -0.39 is 40.6 Å². The van der Waals surface area contributed by atoms with Crippen LogP contribution in [0.25, 0.3) is 11.1 Å². The first kappa shape index (κ1) is 31.6. The highest BCUT2D eigenvalue weighted by Gasteiger charge is 2.31. The predicted octanol–water partition coefficient (Wildman–Crippen LogP) is 4.66. The van der Waals surface area contributed by atoms with Crippen molar-refractivity contribution in [1.82, 2.24) is 15.4 Å². The molecule has 0 spiro atoms. The van der Waals surface area contributed by atoms with Crippen molar-refractivity contribution in [2.75, 3.05) is 13.7 Å². The number of benzene rings is 3. The molecular weight excluding hydrogens is 559 g/mol. The van der Waals surface area contributed by atoms with E-state index in [-0.39, 0.29) is 29.3 Å². The maximum Gasteiger partial charge on any atom is 0.405 e. The number of alkyl halides is 3. The van der Waals surface area contributed by atoms with E-state index in [2.05, 4.69) is 10.0 Å². The molecule has 220 valence electrons. The van der Waals surface area contributed by atoms with Gasteiger partial charge in [-0.2, -0.15) is 13.2 Å². The molecule has 12 heteroatoms. The van der Waals surface area contributed by atoms with Crippen molar-refractivity contribution < 1.29 is 35.9 Å². The van der Waals surface area contributed by atoms with Crippen molar-refractivity contribution >= 4 is 21.8 Å². The first-order chi connectivity index (χ1) is 19.3. The van der Waals surface area contributed by atoms with Crippen molar-refractivity contribution in [3.05, 3.63) is 83.9 Å². The van der Waals surface area contributed by atoms with Gasteiger partial charge < -0.3 is 15.4 Å². The molecular formula is C29H32F3N3O5S. The van der Waals surface area contributed by atoms with Crippen LogP contribution < -0.4 is 20.1 Å². The monoisotopic (exact) mass is 591 g/mol. The van der Waals surface area contributed by atoms with Gasteiger partial charge in [0.25, 0.3) is 5.91 Å². The molecule has 8 nitrogen and oxygen atoms in total. The van der Waals surface area contributed by atoms with Crippen LogP contribution in [0.1, 0.15) is 36.2 Å². The van der Waals surface area contributed by atoms with E-state index in [4.69, 9.17) is 4.74 Å². The van der Waals surface area contributed by atoms with Gasteiger partial charge in [0.2, 0.25) is 15.9 Å². The van der Waals surface area contributed by atoms with Gasteiger partial charge >= 0.3 is 6.18 Å². The lowest BCUT2D eigenvalue weighted by Crippen LogP contribution is -2.49. The Balaban J connectivity index is 1.85. The summed E-state index contributed by atoms with van der Waals surface area (Å²) in [6, 6.07) is 18.2. The van der Waals surface area contributed by atoms with Crippen molar-refractivity contribution in [3.63, 3.8) is 0 Å². The number of hydrogen-bond donors (Lipinski definition) is 3. The second kappa shape index (κ2) is 13.6. The fourth-order valence-electron chi connectivity index (χ4n) is 4.11. The maximum absolute atomic E-state index is 13.4. The number of amides is 2. The van der Waals surface area contributed by atoms with Gasteiger partial charge in [-0.15, -0.1) is 0 Å². The summed E-state index contributed by atoms with van der Waals surface area (Å²) in [4.78, 5) is 26.0. The molecule has 0 fully saturated rings. The minimum atomic E-state index is -4.59. The van der Waals surface area contributed by atoms with Gasteiger partial charge in [0.05, 0.1) is 12.0 Å². The first-order valence-corrected chi connectivity index (χ1v) is 14.3. The lowest BCUT2D eigenvalue weighted by Gasteiger charge is -2.22. The number of rotatable bonds is 12. The standard InChI is InChI=1S/C29H32F3N3O5S/c1-19(2)16-26(28(37)33-18-29(30,31)32)35-27(36)25-11-7-6-10-24(25)23-9-5-4-8-20(23)17-34-41(38,39)22-14-12-21(40-3)13-15-22/h4-15,19,26,34H,16-18H2,1-3H3,(H,33,37)(H,35,36). The number of halogens is 3. The van der Waals surface area contributed by atoms with Gasteiger partial charge in [-0.25, -0.2) is 13.1 Å².